The summed E-state index contributed by atoms with van der Waals surface area (Å²) in [4.78, 5) is 18.4. The summed E-state index contributed by atoms with van der Waals surface area (Å²) in [6.07, 6.45) is 0. The Bertz CT molecular complexity index is 3150. The summed E-state index contributed by atoms with van der Waals surface area (Å²) >= 11 is 1.88. The molecule has 12 rings (SSSR count). The van der Waals surface area contributed by atoms with E-state index in [1.807, 2.05) is 36.0 Å². The lowest BCUT2D eigenvalue weighted by atomic mass is 9.67. The highest BCUT2D eigenvalue weighted by atomic mass is 32.2. The minimum absolute atomic E-state index is 0.469. The van der Waals surface area contributed by atoms with Crippen molar-refractivity contribution in [2.24, 2.45) is 0 Å². The Kier molecular flexibility index (Phi) is 7.38. The molecule has 0 N–H and O–H groups in total. The van der Waals surface area contributed by atoms with Crippen molar-refractivity contribution in [2.45, 2.75) is 15.2 Å². The fraction of sp³-hybridized carbons (Fsp3) is 0.0185. The molecule has 0 radical (unpaired) electrons. The van der Waals surface area contributed by atoms with Gasteiger partial charge in [-0.25, -0.2) is 15.0 Å². The molecule has 0 saturated heterocycles. The molecule has 0 atom stereocenters. The SMILES string of the molecule is c1ccc(-c2cc(-c3ccc4c(c3)nc(-c3ccccc3)c3cc5c(cc34)C3(c4ccccc4Sc4ccccc43)c3ccccc3-5)nc(-c3ccccc3)n2)cc1. The molecule has 2 aromatic heterocycles. The highest BCUT2D eigenvalue weighted by molar-refractivity contribution is 7.99. The molecule has 3 nitrogen and oxygen atoms in total. The van der Waals surface area contributed by atoms with E-state index < -0.39 is 5.41 Å². The van der Waals surface area contributed by atoms with Crippen molar-refractivity contribution in [3.63, 3.8) is 0 Å². The van der Waals surface area contributed by atoms with Gasteiger partial charge in [-0.2, -0.15) is 0 Å². The van der Waals surface area contributed by atoms with Crippen LogP contribution in [0, 0.1) is 0 Å². The lowest BCUT2D eigenvalue weighted by Gasteiger charge is -2.39. The summed E-state index contributed by atoms with van der Waals surface area (Å²) in [5, 5.41) is 3.44. The Morgan fingerprint density at radius 2 is 0.914 bits per heavy atom. The largest absolute Gasteiger partial charge is 0.247 e. The Balaban J connectivity index is 1.15. The van der Waals surface area contributed by atoms with E-state index in [0.29, 0.717) is 5.82 Å². The van der Waals surface area contributed by atoms with Crippen LogP contribution in [0.3, 0.4) is 0 Å². The molecular weight excluding hydrogens is 723 g/mol. The normalized spacial score (nSPS) is 13.2. The number of pyridine rings is 1. The summed E-state index contributed by atoms with van der Waals surface area (Å²) in [7, 11) is 0. The summed E-state index contributed by atoms with van der Waals surface area (Å²) in [5.74, 6) is 0.695. The molecule has 2 aliphatic rings. The Morgan fingerprint density at radius 1 is 0.345 bits per heavy atom. The van der Waals surface area contributed by atoms with Crippen molar-refractivity contribution in [3.05, 3.63) is 222 Å². The number of fused-ring (bicyclic) bond motifs is 12. The lowest BCUT2D eigenvalue weighted by molar-refractivity contribution is 0.723. The van der Waals surface area contributed by atoms with E-state index in [-0.39, 0.29) is 0 Å². The summed E-state index contributed by atoms with van der Waals surface area (Å²) in [6, 6.07) is 71.9. The van der Waals surface area contributed by atoms with Crippen LogP contribution < -0.4 is 0 Å². The number of aromatic nitrogens is 3. The molecule has 8 aromatic carbocycles. The van der Waals surface area contributed by atoms with E-state index in [0.717, 1.165) is 55.6 Å². The Labute approximate surface area is 340 Å². The van der Waals surface area contributed by atoms with Crippen LogP contribution in [-0.2, 0) is 5.41 Å². The number of hydrogen-bond acceptors (Lipinski definition) is 4. The van der Waals surface area contributed by atoms with Gasteiger partial charge in [0.05, 0.1) is 28.0 Å². The van der Waals surface area contributed by atoms with Gasteiger partial charge < -0.3 is 0 Å². The van der Waals surface area contributed by atoms with Gasteiger partial charge in [-0.15, -0.1) is 0 Å². The van der Waals surface area contributed by atoms with Gasteiger partial charge in [-0.05, 0) is 75.2 Å². The second kappa shape index (κ2) is 13.0. The van der Waals surface area contributed by atoms with E-state index in [1.54, 1.807) is 0 Å². The van der Waals surface area contributed by atoms with Crippen LogP contribution in [0.15, 0.2) is 210 Å². The summed E-state index contributed by atoms with van der Waals surface area (Å²) in [6.45, 7) is 0. The maximum absolute atomic E-state index is 5.53. The predicted molar refractivity (Wildman–Crippen MR) is 238 cm³/mol. The number of benzene rings is 8. The zero-order chi connectivity index (χ0) is 38.2. The van der Waals surface area contributed by atoms with Crippen molar-refractivity contribution in [2.75, 3.05) is 0 Å². The van der Waals surface area contributed by atoms with Gasteiger partial charge in [-0.3, -0.25) is 0 Å². The van der Waals surface area contributed by atoms with Crippen LogP contribution in [0.5, 0.6) is 0 Å². The van der Waals surface area contributed by atoms with E-state index in [4.69, 9.17) is 15.0 Å². The maximum atomic E-state index is 5.53. The first kappa shape index (κ1) is 33.0. The fourth-order valence-corrected chi connectivity index (χ4v) is 10.6. The highest BCUT2D eigenvalue weighted by Crippen LogP contribution is 2.62. The highest BCUT2D eigenvalue weighted by Gasteiger charge is 2.50. The quantitative estimate of drug-likeness (QED) is 0.168. The topological polar surface area (TPSA) is 38.7 Å². The van der Waals surface area contributed by atoms with Crippen molar-refractivity contribution in [3.8, 4) is 56.3 Å². The van der Waals surface area contributed by atoms with Crippen LogP contribution >= 0.6 is 11.8 Å². The lowest BCUT2D eigenvalue weighted by Crippen LogP contribution is -2.31. The standard InChI is InChI=1S/C54H33N3S/c1-4-16-34(17-5-1)47-33-48(57-53(56-47)36-20-8-3-9-21-36)37-28-29-39-40-32-46-41(31-42(40)52(55-49(39)30-37)35-18-6-2-7-19-35)38-22-10-11-23-43(38)54(46)44-24-12-14-26-50(44)58-51-27-15-13-25-45(51)54/h1-33H. The zero-order valence-electron chi connectivity index (χ0n) is 31.3. The van der Waals surface area contributed by atoms with Crippen LogP contribution in [0.4, 0.5) is 0 Å². The number of nitrogens with zero attached hydrogens (tertiary/aromatic N) is 3. The number of rotatable bonds is 4. The first-order chi connectivity index (χ1) is 28.7. The summed E-state index contributed by atoms with van der Waals surface area (Å²) < 4.78 is 0. The molecule has 10 aromatic rings. The van der Waals surface area contributed by atoms with E-state index in [9.17, 15) is 0 Å². The van der Waals surface area contributed by atoms with Crippen LogP contribution in [0.1, 0.15) is 22.3 Å². The van der Waals surface area contributed by atoms with Gasteiger partial charge in [0.1, 0.15) is 0 Å². The maximum Gasteiger partial charge on any atom is 0.160 e. The van der Waals surface area contributed by atoms with Gasteiger partial charge in [0.2, 0.25) is 0 Å². The predicted octanol–water partition coefficient (Wildman–Crippen LogP) is 13.7. The van der Waals surface area contributed by atoms with E-state index >= 15 is 0 Å². The molecule has 270 valence electrons. The molecule has 3 heterocycles. The molecule has 0 saturated carbocycles. The average Bonchev–Trinajstić information content (AvgIpc) is 3.58. The van der Waals surface area contributed by atoms with Crippen molar-refractivity contribution in [1.29, 1.82) is 0 Å². The molecule has 0 bridgehead atoms. The van der Waals surface area contributed by atoms with Gasteiger partial charge in [-0.1, -0.05) is 176 Å². The van der Waals surface area contributed by atoms with Crippen molar-refractivity contribution in [1.82, 2.24) is 15.0 Å². The molecule has 58 heavy (non-hydrogen) atoms. The van der Waals surface area contributed by atoms with Crippen molar-refractivity contribution < 1.29 is 0 Å². The average molecular weight is 756 g/mol. The molecule has 0 unspecified atom stereocenters. The van der Waals surface area contributed by atoms with E-state index in [2.05, 4.69) is 176 Å². The van der Waals surface area contributed by atoms with Gasteiger partial charge in [0, 0.05) is 42.8 Å². The van der Waals surface area contributed by atoms with Crippen LogP contribution in [0.2, 0.25) is 0 Å². The van der Waals surface area contributed by atoms with Crippen LogP contribution in [-0.4, -0.2) is 15.0 Å². The Morgan fingerprint density at radius 3 is 1.60 bits per heavy atom. The minimum atomic E-state index is -0.469. The third-order valence-electron chi connectivity index (χ3n) is 11.9. The number of hydrogen-bond donors (Lipinski definition) is 0. The first-order valence-corrected chi connectivity index (χ1v) is 20.5. The molecule has 0 amide bonds. The molecule has 1 aliphatic heterocycles. The first-order valence-electron chi connectivity index (χ1n) is 19.7. The van der Waals surface area contributed by atoms with Gasteiger partial charge in [0.15, 0.2) is 5.82 Å². The zero-order valence-corrected chi connectivity index (χ0v) is 32.1. The smallest absolute Gasteiger partial charge is 0.160 e. The second-order valence-electron chi connectivity index (χ2n) is 15.1. The third-order valence-corrected chi connectivity index (χ3v) is 13.1. The Hall–Kier alpha value is -7.14. The fourth-order valence-electron chi connectivity index (χ4n) is 9.39. The van der Waals surface area contributed by atoms with Crippen molar-refractivity contribution >= 4 is 33.4 Å². The molecule has 0 fully saturated rings. The third kappa shape index (κ3) is 4.92. The summed E-state index contributed by atoms with van der Waals surface area (Å²) in [5.41, 5.74) is 15.1. The molecule has 1 spiro atoms. The van der Waals surface area contributed by atoms with Gasteiger partial charge >= 0.3 is 0 Å². The molecule has 1 aliphatic carbocycles. The monoisotopic (exact) mass is 755 g/mol. The van der Waals surface area contributed by atoms with E-state index in [1.165, 1.54) is 48.6 Å². The second-order valence-corrected chi connectivity index (χ2v) is 16.2. The van der Waals surface area contributed by atoms with Crippen LogP contribution in [0.25, 0.3) is 78.0 Å². The molecule has 4 heteroatoms. The minimum Gasteiger partial charge on any atom is -0.247 e. The molecular formula is C54H33N3S. The van der Waals surface area contributed by atoms with Gasteiger partial charge in [0.25, 0.3) is 0 Å².